The maximum atomic E-state index is 13.0. The number of ether oxygens (including phenoxy) is 1. The summed E-state index contributed by atoms with van der Waals surface area (Å²) in [4.78, 5) is 27.2. The van der Waals surface area contributed by atoms with E-state index >= 15 is 0 Å². The summed E-state index contributed by atoms with van der Waals surface area (Å²) in [6.07, 6.45) is 5.17. The molecule has 0 spiro atoms. The standard InChI is InChI=1S/C25H27NO4S/c1-13(27)18-12-26(15-5-6-15)20-17(21(18)28)8-7-16(22(20)30-4)19-11-14-9-10-25(2,3)24(29)23(14)31-19/h7-8,11-12,15,24,29H,5-6,9-10H2,1-4H3. The minimum absolute atomic E-state index is 0.141. The molecule has 1 fully saturated rings. The first-order chi connectivity index (χ1) is 14.7. The Bertz CT molecular complexity index is 1280. The van der Waals surface area contributed by atoms with Crippen LogP contribution in [0.5, 0.6) is 5.75 Å². The van der Waals surface area contributed by atoms with E-state index < -0.39 is 6.10 Å². The number of aryl methyl sites for hydroxylation is 1. The molecule has 0 radical (unpaired) electrons. The van der Waals surface area contributed by atoms with Gasteiger partial charge in [0.25, 0.3) is 0 Å². The molecule has 2 aromatic heterocycles. The molecule has 3 aromatic rings. The molecule has 2 aliphatic carbocycles. The van der Waals surface area contributed by atoms with Gasteiger partial charge in [0.15, 0.2) is 17.0 Å². The fraction of sp³-hybridized carbons (Fsp3) is 0.440. The molecule has 2 heterocycles. The van der Waals surface area contributed by atoms with E-state index in [1.54, 1.807) is 24.6 Å². The zero-order valence-corrected chi connectivity index (χ0v) is 19.1. The Morgan fingerprint density at radius 1 is 1.29 bits per heavy atom. The number of methoxy groups -OCH3 is 1. The van der Waals surface area contributed by atoms with Crippen LogP contribution in [-0.2, 0) is 6.42 Å². The quantitative estimate of drug-likeness (QED) is 0.564. The summed E-state index contributed by atoms with van der Waals surface area (Å²) in [5.74, 6) is 0.441. The molecule has 6 heteroatoms. The van der Waals surface area contributed by atoms with Crippen LogP contribution in [0.2, 0.25) is 0 Å². The van der Waals surface area contributed by atoms with Crippen molar-refractivity contribution in [2.45, 2.75) is 58.6 Å². The van der Waals surface area contributed by atoms with Crippen molar-refractivity contribution in [3.63, 3.8) is 0 Å². The highest BCUT2D eigenvalue weighted by Gasteiger charge is 2.36. The number of thiophene rings is 1. The number of hydrogen-bond acceptors (Lipinski definition) is 5. The smallest absolute Gasteiger partial charge is 0.200 e. The summed E-state index contributed by atoms with van der Waals surface area (Å²) in [5, 5.41) is 11.4. The Labute approximate surface area is 185 Å². The topological polar surface area (TPSA) is 68.5 Å². The van der Waals surface area contributed by atoms with Crippen molar-refractivity contribution in [2.75, 3.05) is 7.11 Å². The molecule has 0 amide bonds. The lowest BCUT2D eigenvalue weighted by atomic mass is 9.75. The normalized spacial score (nSPS) is 20.0. The van der Waals surface area contributed by atoms with Crippen LogP contribution in [-0.4, -0.2) is 22.6 Å². The highest BCUT2D eigenvalue weighted by atomic mass is 32.1. The summed E-state index contributed by atoms with van der Waals surface area (Å²) in [5.41, 5.74) is 2.71. The van der Waals surface area contributed by atoms with Gasteiger partial charge >= 0.3 is 0 Å². The predicted octanol–water partition coefficient (Wildman–Crippen LogP) is 5.28. The molecule has 5 rings (SSSR count). The van der Waals surface area contributed by atoms with Gasteiger partial charge in [0, 0.05) is 27.6 Å². The molecule has 1 N–H and O–H groups in total. The molecule has 2 aliphatic rings. The van der Waals surface area contributed by atoms with Gasteiger partial charge in [-0.15, -0.1) is 11.3 Å². The number of hydrogen-bond donors (Lipinski definition) is 1. The predicted molar refractivity (Wildman–Crippen MR) is 123 cm³/mol. The zero-order chi connectivity index (χ0) is 22.1. The van der Waals surface area contributed by atoms with E-state index in [0.717, 1.165) is 46.5 Å². The molecular formula is C25H27NO4S. The minimum atomic E-state index is -0.482. The first-order valence-electron chi connectivity index (χ1n) is 10.8. The first-order valence-corrected chi connectivity index (χ1v) is 11.6. The van der Waals surface area contributed by atoms with Crippen LogP contribution in [0.3, 0.4) is 0 Å². The van der Waals surface area contributed by atoms with Crippen LogP contribution in [0.1, 0.15) is 73.0 Å². The summed E-state index contributed by atoms with van der Waals surface area (Å²) in [6, 6.07) is 6.17. The van der Waals surface area contributed by atoms with Crippen LogP contribution < -0.4 is 10.2 Å². The van der Waals surface area contributed by atoms with E-state index in [-0.39, 0.29) is 28.2 Å². The van der Waals surface area contributed by atoms with E-state index in [0.29, 0.717) is 11.1 Å². The molecule has 5 nitrogen and oxygen atoms in total. The van der Waals surface area contributed by atoms with Gasteiger partial charge in [-0.25, -0.2) is 0 Å². The monoisotopic (exact) mass is 437 g/mol. The highest BCUT2D eigenvalue weighted by molar-refractivity contribution is 7.15. The van der Waals surface area contributed by atoms with E-state index in [1.807, 2.05) is 12.1 Å². The van der Waals surface area contributed by atoms with Crippen molar-refractivity contribution < 1.29 is 14.6 Å². The highest BCUT2D eigenvalue weighted by Crippen LogP contribution is 2.50. The molecule has 1 atom stereocenters. The molecule has 1 unspecified atom stereocenters. The van der Waals surface area contributed by atoms with Gasteiger partial charge in [0.2, 0.25) is 0 Å². The third-order valence-corrected chi connectivity index (χ3v) is 8.07. The van der Waals surface area contributed by atoms with Gasteiger partial charge in [-0.1, -0.05) is 13.8 Å². The first kappa shape index (κ1) is 20.5. The molecule has 162 valence electrons. The summed E-state index contributed by atoms with van der Waals surface area (Å²) in [6.45, 7) is 5.66. The SMILES string of the molecule is COc1c(-c2cc3c(s2)C(O)C(C)(C)CC3)ccc2c(=O)c(C(C)=O)cn(C3CC3)c12. The van der Waals surface area contributed by atoms with E-state index in [4.69, 9.17) is 4.74 Å². The van der Waals surface area contributed by atoms with E-state index in [2.05, 4.69) is 24.5 Å². The van der Waals surface area contributed by atoms with Crippen LogP contribution >= 0.6 is 11.3 Å². The van der Waals surface area contributed by atoms with Crippen molar-refractivity contribution in [1.82, 2.24) is 4.57 Å². The van der Waals surface area contributed by atoms with Gasteiger partial charge in [-0.05, 0) is 61.8 Å². The second-order valence-corrected chi connectivity index (χ2v) is 10.6. The lowest BCUT2D eigenvalue weighted by Crippen LogP contribution is -2.26. The van der Waals surface area contributed by atoms with Crippen molar-refractivity contribution in [3.05, 3.63) is 50.6 Å². The van der Waals surface area contributed by atoms with Crippen LogP contribution in [0, 0.1) is 5.41 Å². The Kier molecular flexibility index (Phi) is 4.65. The number of Topliss-reactive ketones (excluding diaryl/α,β-unsaturated/α-hetero) is 1. The molecular weight excluding hydrogens is 410 g/mol. The minimum Gasteiger partial charge on any atom is -0.494 e. The maximum Gasteiger partial charge on any atom is 0.200 e. The van der Waals surface area contributed by atoms with Crippen LogP contribution in [0.4, 0.5) is 0 Å². The van der Waals surface area contributed by atoms with Crippen molar-refractivity contribution in [2.24, 2.45) is 5.41 Å². The molecule has 0 bridgehead atoms. The van der Waals surface area contributed by atoms with Gasteiger partial charge < -0.3 is 14.4 Å². The molecule has 0 saturated heterocycles. The summed E-state index contributed by atoms with van der Waals surface area (Å²) < 4.78 is 7.94. The second kappa shape index (κ2) is 7.04. The zero-order valence-electron chi connectivity index (χ0n) is 18.3. The maximum absolute atomic E-state index is 13.0. The fourth-order valence-electron chi connectivity index (χ4n) is 4.66. The third kappa shape index (κ3) is 3.15. The Hall–Kier alpha value is -2.44. The number of nitrogens with zero attached hydrogens (tertiary/aromatic N) is 1. The average molecular weight is 438 g/mol. The van der Waals surface area contributed by atoms with Gasteiger partial charge in [0.05, 0.1) is 29.7 Å². The summed E-state index contributed by atoms with van der Waals surface area (Å²) in [7, 11) is 1.63. The summed E-state index contributed by atoms with van der Waals surface area (Å²) >= 11 is 1.61. The lowest BCUT2D eigenvalue weighted by molar-refractivity contribution is 0.0373. The third-order valence-electron chi connectivity index (χ3n) is 6.81. The molecule has 0 aliphatic heterocycles. The van der Waals surface area contributed by atoms with Gasteiger partial charge in [-0.3, -0.25) is 9.59 Å². The van der Waals surface area contributed by atoms with Crippen LogP contribution in [0.15, 0.2) is 29.2 Å². The number of carbonyl (C=O) groups is 1. The number of benzene rings is 1. The van der Waals surface area contributed by atoms with Crippen molar-refractivity contribution in [3.8, 4) is 16.2 Å². The van der Waals surface area contributed by atoms with Crippen LogP contribution in [0.25, 0.3) is 21.3 Å². The number of ketones is 1. The number of aliphatic hydroxyl groups is 1. The largest absolute Gasteiger partial charge is 0.494 e. The number of rotatable bonds is 4. The fourth-order valence-corrected chi connectivity index (χ4v) is 6.09. The number of fused-ring (bicyclic) bond motifs is 2. The van der Waals surface area contributed by atoms with Gasteiger partial charge in [-0.2, -0.15) is 0 Å². The number of aliphatic hydroxyl groups excluding tert-OH is 1. The Balaban J connectivity index is 1.75. The molecule has 31 heavy (non-hydrogen) atoms. The second-order valence-electron chi connectivity index (χ2n) is 9.50. The van der Waals surface area contributed by atoms with E-state index in [9.17, 15) is 14.7 Å². The van der Waals surface area contributed by atoms with Crippen molar-refractivity contribution in [1.29, 1.82) is 0 Å². The molecule has 1 saturated carbocycles. The van der Waals surface area contributed by atoms with Crippen molar-refractivity contribution >= 4 is 28.0 Å². The number of pyridine rings is 1. The van der Waals surface area contributed by atoms with Gasteiger partial charge in [0.1, 0.15) is 0 Å². The Morgan fingerprint density at radius 3 is 2.68 bits per heavy atom. The van der Waals surface area contributed by atoms with E-state index in [1.165, 1.54) is 12.5 Å². The average Bonchev–Trinajstić information content (AvgIpc) is 3.48. The molecule has 1 aromatic carbocycles. The Morgan fingerprint density at radius 2 is 2.03 bits per heavy atom. The number of carbonyl (C=O) groups excluding carboxylic acids is 1. The number of aromatic nitrogens is 1. The lowest BCUT2D eigenvalue weighted by Gasteiger charge is -2.34.